The van der Waals surface area contributed by atoms with Crippen molar-refractivity contribution < 1.29 is 23.8 Å². The second kappa shape index (κ2) is 9.57. The molecular weight excluding hydrogens is 334 g/mol. The molecule has 0 radical (unpaired) electrons. The third-order valence-corrected chi connectivity index (χ3v) is 4.54. The number of ketones is 1. The average molecular weight is 363 g/mol. The monoisotopic (exact) mass is 363 g/mol. The minimum atomic E-state index is -0.421. The second-order valence-corrected chi connectivity index (χ2v) is 6.33. The predicted molar refractivity (Wildman–Crippen MR) is 100 cm³/mol. The number of rotatable bonds is 9. The van der Waals surface area contributed by atoms with Crippen LogP contribution >= 0.6 is 0 Å². The topological polar surface area (TPSA) is 65.1 Å². The molecule has 2 rings (SSSR count). The number of fused-ring (bicyclic) bond motifs is 1. The number of carbonyl (C=O) groups excluding carboxylic acids is 2. The molecule has 0 spiro atoms. The van der Waals surface area contributed by atoms with Gasteiger partial charge in [0.05, 0.1) is 18.8 Å². The van der Waals surface area contributed by atoms with E-state index in [9.17, 15) is 9.59 Å². The summed E-state index contributed by atoms with van der Waals surface area (Å²) < 4.78 is 16.6. The van der Waals surface area contributed by atoms with Crippen LogP contribution in [0.25, 0.3) is 0 Å². The summed E-state index contributed by atoms with van der Waals surface area (Å²) in [5.41, 5.74) is 1.38. The van der Waals surface area contributed by atoms with Gasteiger partial charge in [-0.25, -0.2) is 4.79 Å². The SMILES string of the molecule is CCOCCOC(=O)C(CC)N1CC(CC)Oc2ccc(C(C)=O)cc21. The van der Waals surface area contributed by atoms with Crippen LogP contribution in [0.1, 0.15) is 50.9 Å². The third kappa shape index (κ3) is 4.75. The maximum atomic E-state index is 12.6. The zero-order valence-corrected chi connectivity index (χ0v) is 16.1. The van der Waals surface area contributed by atoms with Gasteiger partial charge in [0.2, 0.25) is 0 Å². The van der Waals surface area contributed by atoms with Gasteiger partial charge in [-0.15, -0.1) is 0 Å². The van der Waals surface area contributed by atoms with Gasteiger partial charge in [-0.1, -0.05) is 13.8 Å². The first-order chi connectivity index (χ1) is 12.5. The van der Waals surface area contributed by atoms with Crippen LogP contribution in [0.15, 0.2) is 18.2 Å². The van der Waals surface area contributed by atoms with Crippen LogP contribution in [0.3, 0.4) is 0 Å². The predicted octanol–water partition coefficient (Wildman–Crippen LogP) is 3.22. The van der Waals surface area contributed by atoms with Crippen molar-refractivity contribution in [2.45, 2.75) is 52.7 Å². The second-order valence-electron chi connectivity index (χ2n) is 6.33. The number of anilines is 1. The molecule has 2 atom stereocenters. The number of carbonyl (C=O) groups is 2. The molecule has 0 saturated carbocycles. The summed E-state index contributed by atoms with van der Waals surface area (Å²) in [4.78, 5) is 26.4. The Kier molecular flexibility index (Phi) is 7.45. The fraction of sp³-hybridized carbons (Fsp3) is 0.600. The fourth-order valence-corrected chi connectivity index (χ4v) is 3.06. The first-order valence-electron chi connectivity index (χ1n) is 9.34. The highest BCUT2D eigenvalue weighted by Crippen LogP contribution is 2.37. The summed E-state index contributed by atoms with van der Waals surface area (Å²) in [5, 5.41) is 0. The quantitative estimate of drug-likeness (QED) is 0.381. The summed E-state index contributed by atoms with van der Waals surface area (Å²) in [5.74, 6) is 0.412. The van der Waals surface area contributed by atoms with Gasteiger partial charge in [-0.2, -0.15) is 0 Å². The minimum absolute atomic E-state index is 0.00375. The lowest BCUT2D eigenvalue weighted by molar-refractivity contribution is -0.147. The van der Waals surface area contributed by atoms with Crippen molar-refractivity contribution in [3.63, 3.8) is 0 Å². The molecule has 6 heteroatoms. The first-order valence-corrected chi connectivity index (χ1v) is 9.34. The molecule has 1 heterocycles. The molecule has 0 aliphatic carbocycles. The number of ether oxygens (including phenoxy) is 3. The molecule has 2 unspecified atom stereocenters. The summed E-state index contributed by atoms with van der Waals surface area (Å²) >= 11 is 0. The van der Waals surface area contributed by atoms with Crippen LogP contribution in [-0.4, -0.2) is 50.3 Å². The van der Waals surface area contributed by atoms with Crippen LogP contribution < -0.4 is 9.64 Å². The molecule has 1 aliphatic rings. The van der Waals surface area contributed by atoms with Gasteiger partial charge >= 0.3 is 5.97 Å². The molecule has 0 N–H and O–H groups in total. The summed E-state index contributed by atoms with van der Waals surface area (Å²) in [6.07, 6.45) is 1.43. The summed E-state index contributed by atoms with van der Waals surface area (Å²) in [6, 6.07) is 4.96. The van der Waals surface area contributed by atoms with E-state index < -0.39 is 6.04 Å². The lowest BCUT2D eigenvalue weighted by atomic mass is 10.0. The maximum absolute atomic E-state index is 12.6. The Morgan fingerprint density at radius 3 is 2.65 bits per heavy atom. The van der Waals surface area contributed by atoms with Crippen molar-refractivity contribution in [1.82, 2.24) is 0 Å². The van der Waals surface area contributed by atoms with Crippen molar-refractivity contribution >= 4 is 17.4 Å². The molecule has 0 saturated heterocycles. The number of nitrogens with zero attached hydrogens (tertiary/aromatic N) is 1. The van der Waals surface area contributed by atoms with Crippen LogP contribution in [0.2, 0.25) is 0 Å². The van der Waals surface area contributed by atoms with E-state index in [1.165, 1.54) is 6.92 Å². The number of esters is 1. The normalized spacial score (nSPS) is 17.2. The molecule has 1 aromatic rings. The number of hydrogen-bond acceptors (Lipinski definition) is 6. The van der Waals surface area contributed by atoms with Crippen molar-refractivity contribution in [3.05, 3.63) is 23.8 Å². The fourth-order valence-electron chi connectivity index (χ4n) is 3.06. The molecule has 0 aromatic heterocycles. The standard InChI is InChI=1S/C20H29NO5/c1-5-16-13-21(17(6-2)20(23)25-11-10-24-7-3)18-12-15(14(4)22)8-9-19(18)26-16/h8-9,12,16-17H,5-7,10-11,13H2,1-4H3. The Hall–Kier alpha value is -2.08. The van der Waals surface area contributed by atoms with Crippen molar-refractivity contribution in [2.75, 3.05) is 31.3 Å². The first kappa shape index (κ1) is 20.2. The van der Waals surface area contributed by atoms with Gasteiger partial charge in [0.15, 0.2) is 5.78 Å². The average Bonchev–Trinajstić information content (AvgIpc) is 2.65. The number of Topliss-reactive ketones (excluding diaryl/α,β-unsaturated/α-hetero) is 1. The Bertz CT molecular complexity index is 631. The molecule has 1 aliphatic heterocycles. The highest BCUT2D eigenvalue weighted by Gasteiger charge is 2.34. The van der Waals surface area contributed by atoms with Gasteiger partial charge in [-0.3, -0.25) is 4.79 Å². The molecule has 0 amide bonds. The van der Waals surface area contributed by atoms with Crippen molar-refractivity contribution in [2.24, 2.45) is 0 Å². The molecule has 0 fully saturated rings. The largest absolute Gasteiger partial charge is 0.486 e. The van der Waals surface area contributed by atoms with Crippen LogP contribution in [0, 0.1) is 0 Å². The van der Waals surface area contributed by atoms with Crippen LogP contribution in [-0.2, 0) is 14.3 Å². The highest BCUT2D eigenvalue weighted by atomic mass is 16.6. The molecule has 6 nitrogen and oxygen atoms in total. The zero-order valence-electron chi connectivity index (χ0n) is 16.1. The zero-order chi connectivity index (χ0) is 19.1. The Balaban J connectivity index is 2.25. The van der Waals surface area contributed by atoms with Crippen LogP contribution in [0.5, 0.6) is 5.75 Å². The van der Waals surface area contributed by atoms with Crippen LogP contribution in [0.4, 0.5) is 5.69 Å². The third-order valence-electron chi connectivity index (χ3n) is 4.54. The van der Waals surface area contributed by atoms with E-state index in [-0.39, 0.29) is 24.5 Å². The molecule has 144 valence electrons. The maximum Gasteiger partial charge on any atom is 0.328 e. The van der Waals surface area contributed by atoms with Gasteiger partial charge in [-0.05, 0) is 44.9 Å². The molecule has 1 aromatic carbocycles. The summed E-state index contributed by atoms with van der Waals surface area (Å²) in [7, 11) is 0. The number of benzene rings is 1. The Morgan fingerprint density at radius 2 is 2.04 bits per heavy atom. The van der Waals surface area contributed by atoms with E-state index in [0.29, 0.717) is 37.5 Å². The Labute approximate surface area is 155 Å². The lowest BCUT2D eigenvalue weighted by Gasteiger charge is -2.39. The molecule has 0 bridgehead atoms. The van der Waals surface area contributed by atoms with E-state index in [2.05, 4.69) is 6.92 Å². The van der Waals surface area contributed by atoms with Gasteiger partial charge in [0.25, 0.3) is 0 Å². The Morgan fingerprint density at radius 1 is 1.27 bits per heavy atom. The number of hydrogen-bond donors (Lipinski definition) is 0. The van der Waals surface area contributed by atoms with E-state index in [1.54, 1.807) is 12.1 Å². The molecular formula is C20H29NO5. The summed E-state index contributed by atoms with van der Waals surface area (Å²) in [6.45, 7) is 9.26. The van der Waals surface area contributed by atoms with Crippen molar-refractivity contribution in [3.8, 4) is 5.75 Å². The minimum Gasteiger partial charge on any atom is -0.486 e. The smallest absolute Gasteiger partial charge is 0.328 e. The van der Waals surface area contributed by atoms with E-state index in [4.69, 9.17) is 14.2 Å². The van der Waals surface area contributed by atoms with E-state index in [1.807, 2.05) is 24.8 Å². The van der Waals surface area contributed by atoms with Gasteiger partial charge < -0.3 is 19.1 Å². The van der Waals surface area contributed by atoms with Crippen molar-refractivity contribution in [1.29, 1.82) is 0 Å². The molecule has 26 heavy (non-hydrogen) atoms. The van der Waals surface area contributed by atoms with E-state index >= 15 is 0 Å². The van der Waals surface area contributed by atoms with Gasteiger partial charge in [0, 0.05) is 12.2 Å². The van der Waals surface area contributed by atoms with E-state index in [0.717, 1.165) is 12.1 Å². The highest BCUT2D eigenvalue weighted by molar-refractivity contribution is 5.96. The van der Waals surface area contributed by atoms with Gasteiger partial charge in [0.1, 0.15) is 24.5 Å². The lowest BCUT2D eigenvalue weighted by Crippen LogP contribution is -2.49.